The lowest BCUT2D eigenvalue weighted by molar-refractivity contribution is -0.385. The van der Waals surface area contributed by atoms with Crippen LogP contribution in [0.15, 0.2) is 47.4 Å². The van der Waals surface area contributed by atoms with Gasteiger partial charge in [-0.15, -0.1) is 0 Å². The summed E-state index contributed by atoms with van der Waals surface area (Å²) in [5.41, 5.74) is -0.407. The van der Waals surface area contributed by atoms with Crippen molar-refractivity contribution in [2.75, 3.05) is 0 Å². The smallest absolute Gasteiger partial charge is 0.321 e. The number of hydrogen-bond acceptors (Lipinski definition) is 7. The second-order valence-electron chi connectivity index (χ2n) is 5.86. The van der Waals surface area contributed by atoms with Crippen LogP contribution in [0.25, 0.3) is 0 Å². The summed E-state index contributed by atoms with van der Waals surface area (Å²) in [7, 11) is -4.42. The molecule has 13 heteroatoms. The van der Waals surface area contributed by atoms with Gasteiger partial charge in [0, 0.05) is 24.7 Å². The maximum atomic E-state index is 13.0. The number of non-ortho nitro benzene ring substituents is 1. The second-order valence-corrected chi connectivity index (χ2v) is 8.16. The molecular formula is C16H14ClN3O8S. The topological polar surface area (TPSA) is 161 Å². The van der Waals surface area contributed by atoms with Crippen molar-refractivity contribution >= 4 is 39.0 Å². The van der Waals surface area contributed by atoms with E-state index in [1.165, 1.54) is 12.1 Å². The molecule has 154 valence electrons. The number of carbonyl (C=O) groups is 1. The summed E-state index contributed by atoms with van der Waals surface area (Å²) < 4.78 is 26.7. The Kier molecular flexibility index (Phi) is 6.51. The molecule has 0 aliphatic rings. The first-order chi connectivity index (χ1) is 13.4. The van der Waals surface area contributed by atoms with E-state index in [0.29, 0.717) is 9.87 Å². The van der Waals surface area contributed by atoms with Crippen LogP contribution in [0.1, 0.15) is 12.5 Å². The molecule has 0 saturated carbocycles. The van der Waals surface area contributed by atoms with E-state index in [0.717, 1.165) is 37.3 Å². The maximum absolute atomic E-state index is 13.0. The minimum Gasteiger partial charge on any atom is -0.480 e. The average Bonchev–Trinajstić information content (AvgIpc) is 2.65. The molecule has 0 radical (unpaired) electrons. The number of hydrogen-bond donors (Lipinski definition) is 1. The summed E-state index contributed by atoms with van der Waals surface area (Å²) in [5.74, 6) is -1.43. The lowest BCUT2D eigenvalue weighted by atomic mass is 10.2. The third-order valence-corrected chi connectivity index (χ3v) is 6.21. The van der Waals surface area contributed by atoms with Gasteiger partial charge in [-0.2, -0.15) is 4.31 Å². The number of nitrogens with zero attached hydrogens (tertiary/aromatic N) is 3. The van der Waals surface area contributed by atoms with Crippen LogP contribution in [0.3, 0.4) is 0 Å². The Labute approximate surface area is 169 Å². The van der Waals surface area contributed by atoms with Crippen molar-refractivity contribution in [3.8, 4) is 0 Å². The largest absolute Gasteiger partial charge is 0.480 e. The molecule has 0 heterocycles. The predicted octanol–water partition coefficient (Wildman–Crippen LogP) is 2.82. The van der Waals surface area contributed by atoms with E-state index in [1.54, 1.807) is 0 Å². The Balaban J connectivity index is 2.48. The first-order valence-corrected chi connectivity index (χ1v) is 9.69. The lowest BCUT2D eigenvalue weighted by Gasteiger charge is -2.26. The molecule has 0 aliphatic heterocycles. The van der Waals surface area contributed by atoms with Crippen LogP contribution < -0.4 is 0 Å². The van der Waals surface area contributed by atoms with Crippen molar-refractivity contribution < 1.29 is 28.2 Å². The highest BCUT2D eigenvalue weighted by atomic mass is 35.5. The first-order valence-electron chi connectivity index (χ1n) is 7.87. The van der Waals surface area contributed by atoms with Crippen LogP contribution in [0.5, 0.6) is 0 Å². The SMILES string of the molecule is C[C@@H](C(=O)O)N(Cc1ccc([N+](=O)[O-])cc1)S(=O)(=O)c1ccc([N+](=O)[O-])c(Cl)c1. The van der Waals surface area contributed by atoms with Gasteiger partial charge >= 0.3 is 5.97 Å². The molecule has 2 aromatic carbocycles. The highest BCUT2D eigenvalue weighted by Crippen LogP contribution is 2.30. The van der Waals surface area contributed by atoms with Gasteiger partial charge in [0.1, 0.15) is 11.1 Å². The van der Waals surface area contributed by atoms with Crippen molar-refractivity contribution in [2.45, 2.75) is 24.4 Å². The molecule has 0 saturated heterocycles. The maximum Gasteiger partial charge on any atom is 0.321 e. The number of carboxylic acid groups (broad SMARTS) is 1. The third kappa shape index (κ3) is 4.85. The number of nitro benzene ring substituents is 2. The summed E-state index contributed by atoms with van der Waals surface area (Å²) in [6, 6.07) is 6.16. The summed E-state index contributed by atoms with van der Waals surface area (Å²) in [4.78, 5) is 31.2. The van der Waals surface area contributed by atoms with Crippen LogP contribution in [0.4, 0.5) is 11.4 Å². The van der Waals surface area contributed by atoms with Gasteiger partial charge in [-0.25, -0.2) is 8.42 Å². The molecule has 0 fully saturated rings. The van der Waals surface area contributed by atoms with Crippen molar-refractivity contribution in [3.05, 3.63) is 73.3 Å². The zero-order chi connectivity index (χ0) is 21.9. The fourth-order valence-corrected chi connectivity index (χ4v) is 4.31. The Morgan fingerprint density at radius 2 is 1.72 bits per heavy atom. The van der Waals surface area contributed by atoms with Gasteiger partial charge < -0.3 is 5.11 Å². The highest BCUT2D eigenvalue weighted by molar-refractivity contribution is 7.89. The minimum absolute atomic E-state index is 0.211. The molecule has 0 unspecified atom stereocenters. The quantitative estimate of drug-likeness (QED) is 0.481. The Bertz CT molecular complexity index is 1070. The molecule has 1 N–H and O–H groups in total. The number of nitro groups is 2. The van der Waals surface area contributed by atoms with Crippen molar-refractivity contribution in [3.63, 3.8) is 0 Å². The van der Waals surface area contributed by atoms with E-state index in [2.05, 4.69) is 0 Å². The van der Waals surface area contributed by atoms with E-state index in [1.807, 2.05) is 0 Å². The zero-order valence-corrected chi connectivity index (χ0v) is 16.3. The number of sulfonamides is 1. The lowest BCUT2D eigenvalue weighted by Crippen LogP contribution is -2.42. The van der Waals surface area contributed by atoms with E-state index >= 15 is 0 Å². The van der Waals surface area contributed by atoms with E-state index < -0.39 is 54.0 Å². The van der Waals surface area contributed by atoms with Gasteiger partial charge in [-0.05, 0) is 24.6 Å². The molecule has 0 spiro atoms. The number of halogens is 1. The van der Waals surface area contributed by atoms with Crippen LogP contribution in [-0.4, -0.2) is 39.7 Å². The van der Waals surface area contributed by atoms with E-state index in [9.17, 15) is 38.5 Å². The second kappa shape index (κ2) is 8.51. The van der Waals surface area contributed by atoms with Crippen molar-refractivity contribution in [2.24, 2.45) is 0 Å². The van der Waals surface area contributed by atoms with Crippen LogP contribution in [0, 0.1) is 20.2 Å². The molecule has 29 heavy (non-hydrogen) atoms. The zero-order valence-electron chi connectivity index (χ0n) is 14.8. The molecule has 0 aromatic heterocycles. The normalized spacial score (nSPS) is 12.5. The molecule has 11 nitrogen and oxygen atoms in total. The predicted molar refractivity (Wildman–Crippen MR) is 101 cm³/mol. The minimum atomic E-state index is -4.42. The number of benzene rings is 2. The third-order valence-electron chi connectivity index (χ3n) is 4.00. The number of aliphatic carboxylic acids is 1. The van der Waals surface area contributed by atoms with Gasteiger partial charge in [0.15, 0.2) is 0 Å². The van der Waals surface area contributed by atoms with Gasteiger partial charge in [-0.3, -0.25) is 25.0 Å². The summed E-state index contributed by atoms with van der Waals surface area (Å²) in [5, 5.41) is 30.5. The molecular weight excluding hydrogens is 430 g/mol. The number of rotatable bonds is 8. The standard InChI is InChI=1S/C16H14ClN3O8S/c1-10(16(21)22)18(9-11-2-4-12(5-3-11)19(23)24)29(27,28)13-6-7-15(20(25)26)14(17)8-13/h2-8,10H,9H2,1H3,(H,21,22)/t10-/m0/s1. The van der Waals surface area contributed by atoms with Crippen LogP contribution in [0.2, 0.25) is 5.02 Å². The van der Waals surface area contributed by atoms with Crippen LogP contribution >= 0.6 is 11.6 Å². The molecule has 0 amide bonds. The Morgan fingerprint density at radius 3 is 2.17 bits per heavy atom. The van der Waals surface area contributed by atoms with Gasteiger partial charge in [0.25, 0.3) is 11.4 Å². The van der Waals surface area contributed by atoms with Crippen molar-refractivity contribution in [1.82, 2.24) is 4.31 Å². The molecule has 0 aliphatic carbocycles. The van der Waals surface area contributed by atoms with Crippen molar-refractivity contribution in [1.29, 1.82) is 0 Å². The van der Waals surface area contributed by atoms with E-state index in [4.69, 9.17) is 11.6 Å². The molecule has 2 rings (SSSR count). The van der Waals surface area contributed by atoms with Gasteiger partial charge in [-0.1, -0.05) is 23.7 Å². The molecule has 1 atom stereocenters. The first kappa shape index (κ1) is 22.2. The van der Waals surface area contributed by atoms with E-state index in [-0.39, 0.29) is 5.69 Å². The number of carboxylic acids is 1. The average molecular weight is 444 g/mol. The summed E-state index contributed by atoms with van der Waals surface area (Å²) >= 11 is 5.78. The molecule has 2 aromatic rings. The Hall–Kier alpha value is -3.09. The Morgan fingerprint density at radius 1 is 1.14 bits per heavy atom. The van der Waals surface area contributed by atoms with Gasteiger partial charge in [0.05, 0.1) is 14.7 Å². The van der Waals surface area contributed by atoms with Crippen LogP contribution in [-0.2, 0) is 21.4 Å². The summed E-state index contributed by atoms with van der Waals surface area (Å²) in [6.07, 6.45) is 0. The fraction of sp³-hybridized carbons (Fsp3) is 0.188. The monoisotopic (exact) mass is 443 g/mol. The highest BCUT2D eigenvalue weighted by Gasteiger charge is 2.34. The van der Waals surface area contributed by atoms with Gasteiger partial charge in [0.2, 0.25) is 10.0 Å². The molecule has 0 bridgehead atoms. The fourth-order valence-electron chi connectivity index (χ4n) is 2.39. The summed E-state index contributed by atoms with van der Waals surface area (Å²) in [6.45, 7) is 0.751.